The highest BCUT2D eigenvalue weighted by Gasteiger charge is 2.05. The van der Waals surface area contributed by atoms with Crippen LogP contribution in [0.15, 0.2) is 47.6 Å². The van der Waals surface area contributed by atoms with E-state index in [9.17, 15) is 9.90 Å². The fourth-order valence-corrected chi connectivity index (χ4v) is 2.17. The number of ether oxygens (including phenoxy) is 2. The van der Waals surface area contributed by atoms with Gasteiger partial charge in [-0.05, 0) is 48.7 Å². The average Bonchev–Trinajstić information content (AvgIpc) is 2.63. The van der Waals surface area contributed by atoms with E-state index in [1.807, 2.05) is 38.1 Å². The molecule has 0 radical (unpaired) electrons. The summed E-state index contributed by atoms with van der Waals surface area (Å²) < 4.78 is 10.8. The Bertz CT molecular complexity index is 744. The van der Waals surface area contributed by atoms with Gasteiger partial charge in [-0.2, -0.15) is 5.10 Å². The first-order chi connectivity index (χ1) is 12.1. The lowest BCUT2D eigenvalue weighted by atomic mass is 10.1. The molecule has 0 unspecified atom stereocenters. The van der Waals surface area contributed by atoms with Crippen LogP contribution in [0.4, 0.5) is 0 Å². The number of carbonyl (C=O) groups excluding carboxylic acids is 1. The third kappa shape index (κ3) is 5.53. The van der Waals surface area contributed by atoms with Crippen molar-refractivity contribution in [3.8, 4) is 17.2 Å². The van der Waals surface area contributed by atoms with Crippen molar-refractivity contribution in [1.82, 2.24) is 5.43 Å². The number of hydrazone groups is 1. The van der Waals surface area contributed by atoms with Crippen molar-refractivity contribution in [3.63, 3.8) is 0 Å². The van der Waals surface area contributed by atoms with Gasteiger partial charge >= 0.3 is 0 Å². The Morgan fingerprint density at radius 3 is 2.72 bits per heavy atom. The zero-order valence-electron chi connectivity index (χ0n) is 14.4. The summed E-state index contributed by atoms with van der Waals surface area (Å²) in [5.41, 5.74) is 4.15. The molecule has 2 N–H and O–H groups in total. The predicted molar refractivity (Wildman–Crippen MR) is 96.3 cm³/mol. The summed E-state index contributed by atoms with van der Waals surface area (Å²) in [5.74, 6) is 0.776. The zero-order chi connectivity index (χ0) is 18.1. The van der Waals surface area contributed by atoms with E-state index in [0.717, 1.165) is 12.0 Å². The van der Waals surface area contributed by atoms with E-state index in [1.54, 1.807) is 12.1 Å². The monoisotopic (exact) mass is 342 g/mol. The number of phenols is 1. The van der Waals surface area contributed by atoms with E-state index in [4.69, 9.17) is 9.47 Å². The molecule has 6 heteroatoms. The first kappa shape index (κ1) is 18.3. The second-order valence-corrected chi connectivity index (χ2v) is 5.20. The molecule has 0 heterocycles. The van der Waals surface area contributed by atoms with Crippen molar-refractivity contribution in [2.24, 2.45) is 5.10 Å². The standard InChI is InChI=1S/C19H22N2O4/c1-3-15-7-5-6-8-17(15)25-13-19(23)21-20-12-14-9-10-16(22)18(11-14)24-4-2/h5-12,22H,3-4,13H2,1-2H3,(H,21,23)/b20-12+. The van der Waals surface area contributed by atoms with Gasteiger partial charge in [-0.15, -0.1) is 0 Å². The van der Waals surface area contributed by atoms with Crippen molar-refractivity contribution in [2.75, 3.05) is 13.2 Å². The van der Waals surface area contributed by atoms with Crippen molar-refractivity contribution in [3.05, 3.63) is 53.6 Å². The summed E-state index contributed by atoms with van der Waals surface area (Å²) in [6.45, 7) is 4.19. The maximum atomic E-state index is 11.8. The predicted octanol–water partition coefficient (Wildman–Crippen LogP) is 2.88. The van der Waals surface area contributed by atoms with Gasteiger partial charge in [-0.25, -0.2) is 5.43 Å². The molecule has 0 aliphatic carbocycles. The minimum absolute atomic E-state index is 0.0611. The van der Waals surface area contributed by atoms with E-state index in [-0.39, 0.29) is 18.3 Å². The highest BCUT2D eigenvalue weighted by molar-refractivity contribution is 5.83. The van der Waals surface area contributed by atoms with Crippen LogP contribution in [-0.4, -0.2) is 30.4 Å². The van der Waals surface area contributed by atoms with Gasteiger partial charge < -0.3 is 14.6 Å². The van der Waals surface area contributed by atoms with E-state index >= 15 is 0 Å². The van der Waals surface area contributed by atoms with Gasteiger partial charge in [0.2, 0.25) is 0 Å². The van der Waals surface area contributed by atoms with Gasteiger partial charge in [0.15, 0.2) is 18.1 Å². The molecule has 0 bridgehead atoms. The first-order valence-electron chi connectivity index (χ1n) is 8.12. The van der Waals surface area contributed by atoms with Crippen molar-refractivity contribution < 1.29 is 19.4 Å². The number of nitrogens with zero attached hydrogens (tertiary/aromatic N) is 1. The van der Waals surface area contributed by atoms with Gasteiger partial charge in [0, 0.05) is 0 Å². The lowest BCUT2D eigenvalue weighted by Gasteiger charge is -2.09. The molecule has 0 aliphatic heterocycles. The molecule has 2 aromatic carbocycles. The van der Waals surface area contributed by atoms with E-state index in [2.05, 4.69) is 10.5 Å². The fourth-order valence-electron chi connectivity index (χ4n) is 2.17. The molecule has 132 valence electrons. The highest BCUT2D eigenvalue weighted by Crippen LogP contribution is 2.26. The number of hydrogen-bond donors (Lipinski definition) is 2. The summed E-state index contributed by atoms with van der Waals surface area (Å²) in [6.07, 6.45) is 2.30. The Balaban J connectivity index is 1.87. The Morgan fingerprint density at radius 2 is 1.96 bits per heavy atom. The third-order valence-electron chi connectivity index (χ3n) is 3.40. The molecule has 0 aromatic heterocycles. The topological polar surface area (TPSA) is 80.2 Å². The second kappa shape index (κ2) is 9.32. The molecule has 0 spiro atoms. The van der Waals surface area contributed by atoms with Crippen LogP contribution in [-0.2, 0) is 11.2 Å². The largest absolute Gasteiger partial charge is 0.504 e. The smallest absolute Gasteiger partial charge is 0.277 e. The lowest BCUT2D eigenvalue weighted by molar-refractivity contribution is -0.123. The summed E-state index contributed by atoms with van der Waals surface area (Å²) in [5, 5.41) is 13.5. The Kier molecular flexibility index (Phi) is 6.83. The number of aryl methyl sites for hydroxylation is 1. The van der Waals surface area contributed by atoms with Crippen LogP contribution in [0.2, 0.25) is 0 Å². The zero-order valence-corrected chi connectivity index (χ0v) is 14.4. The highest BCUT2D eigenvalue weighted by atomic mass is 16.5. The number of carbonyl (C=O) groups is 1. The molecule has 0 aliphatic rings. The van der Waals surface area contributed by atoms with Crippen molar-refractivity contribution in [1.29, 1.82) is 0 Å². The summed E-state index contributed by atoms with van der Waals surface area (Å²) >= 11 is 0. The SMILES string of the molecule is CCOc1cc(/C=N/NC(=O)COc2ccccc2CC)ccc1O. The maximum Gasteiger partial charge on any atom is 0.277 e. The van der Waals surface area contributed by atoms with Crippen LogP contribution in [0.3, 0.4) is 0 Å². The minimum atomic E-state index is -0.356. The molecule has 0 saturated carbocycles. The lowest BCUT2D eigenvalue weighted by Crippen LogP contribution is -2.24. The van der Waals surface area contributed by atoms with Crippen LogP contribution < -0.4 is 14.9 Å². The van der Waals surface area contributed by atoms with Crippen LogP contribution in [0.25, 0.3) is 0 Å². The van der Waals surface area contributed by atoms with Crippen LogP contribution in [0.5, 0.6) is 17.2 Å². The third-order valence-corrected chi connectivity index (χ3v) is 3.40. The Morgan fingerprint density at radius 1 is 1.16 bits per heavy atom. The molecular weight excluding hydrogens is 320 g/mol. The fraction of sp³-hybridized carbons (Fsp3) is 0.263. The number of phenolic OH excluding ortho intramolecular Hbond substituents is 1. The van der Waals surface area contributed by atoms with Crippen LogP contribution in [0, 0.1) is 0 Å². The van der Waals surface area contributed by atoms with Crippen LogP contribution >= 0.6 is 0 Å². The molecule has 2 aromatic rings. The quantitative estimate of drug-likeness (QED) is 0.571. The number of rotatable bonds is 8. The number of aromatic hydroxyl groups is 1. The van der Waals surface area contributed by atoms with Gasteiger partial charge in [0.05, 0.1) is 12.8 Å². The van der Waals surface area contributed by atoms with E-state index in [0.29, 0.717) is 23.7 Å². The molecule has 0 atom stereocenters. The summed E-state index contributed by atoms with van der Waals surface area (Å²) in [6, 6.07) is 12.4. The molecule has 6 nitrogen and oxygen atoms in total. The second-order valence-electron chi connectivity index (χ2n) is 5.20. The molecular formula is C19H22N2O4. The molecule has 1 amide bonds. The normalized spacial score (nSPS) is 10.6. The average molecular weight is 342 g/mol. The van der Waals surface area contributed by atoms with Crippen LogP contribution in [0.1, 0.15) is 25.0 Å². The first-order valence-corrected chi connectivity index (χ1v) is 8.12. The van der Waals surface area contributed by atoms with Gasteiger partial charge in [0.25, 0.3) is 5.91 Å². The van der Waals surface area contributed by atoms with E-state index in [1.165, 1.54) is 12.3 Å². The van der Waals surface area contributed by atoms with Gasteiger partial charge in [0.1, 0.15) is 5.75 Å². The number of hydrogen-bond acceptors (Lipinski definition) is 5. The Labute approximate surface area is 147 Å². The Hall–Kier alpha value is -3.02. The van der Waals surface area contributed by atoms with Gasteiger partial charge in [-0.3, -0.25) is 4.79 Å². The van der Waals surface area contributed by atoms with E-state index < -0.39 is 0 Å². The molecule has 0 fully saturated rings. The van der Waals surface area contributed by atoms with Crippen molar-refractivity contribution in [2.45, 2.75) is 20.3 Å². The number of benzene rings is 2. The number of nitrogens with one attached hydrogen (secondary N) is 1. The molecule has 0 saturated heterocycles. The number of para-hydroxylation sites is 1. The number of amides is 1. The molecule has 25 heavy (non-hydrogen) atoms. The molecule has 2 rings (SSSR count). The van der Waals surface area contributed by atoms with Gasteiger partial charge in [-0.1, -0.05) is 25.1 Å². The minimum Gasteiger partial charge on any atom is -0.504 e. The maximum absolute atomic E-state index is 11.8. The van der Waals surface area contributed by atoms with Crippen molar-refractivity contribution >= 4 is 12.1 Å². The summed E-state index contributed by atoms with van der Waals surface area (Å²) in [4.78, 5) is 11.8. The summed E-state index contributed by atoms with van der Waals surface area (Å²) in [7, 11) is 0.